The summed E-state index contributed by atoms with van der Waals surface area (Å²) in [5, 5.41) is 0. The Balaban J connectivity index is 1.56. The van der Waals surface area contributed by atoms with E-state index in [1.807, 2.05) is 12.4 Å². The van der Waals surface area contributed by atoms with Gasteiger partial charge < -0.3 is 4.90 Å². The molecule has 4 nitrogen and oxygen atoms in total. The lowest BCUT2D eigenvalue weighted by atomic mass is 9.70. The van der Waals surface area contributed by atoms with Crippen LogP contribution in [0, 0.1) is 5.41 Å². The van der Waals surface area contributed by atoms with Gasteiger partial charge in [0.25, 0.3) is 0 Å². The van der Waals surface area contributed by atoms with Crippen molar-refractivity contribution in [2.45, 2.75) is 58.9 Å². The van der Waals surface area contributed by atoms with Crippen LogP contribution in [0.4, 0.5) is 5.95 Å². The van der Waals surface area contributed by atoms with Gasteiger partial charge in [0.1, 0.15) is 0 Å². The number of likely N-dealkylation sites (tertiary alicyclic amines) is 1. The highest BCUT2D eigenvalue weighted by Crippen LogP contribution is 2.43. The lowest BCUT2D eigenvalue weighted by Gasteiger charge is -2.58. The summed E-state index contributed by atoms with van der Waals surface area (Å²) in [4.78, 5) is 14.1. The minimum Gasteiger partial charge on any atom is -0.341 e. The van der Waals surface area contributed by atoms with E-state index in [0.29, 0.717) is 16.9 Å². The summed E-state index contributed by atoms with van der Waals surface area (Å²) < 4.78 is 0. The first-order valence-electron chi connectivity index (χ1n) is 8.61. The van der Waals surface area contributed by atoms with Crippen molar-refractivity contribution in [1.82, 2.24) is 14.9 Å². The van der Waals surface area contributed by atoms with Crippen LogP contribution in [0.2, 0.25) is 0 Å². The van der Waals surface area contributed by atoms with Gasteiger partial charge in [0.05, 0.1) is 0 Å². The Bertz CT molecular complexity index is 499. The minimum absolute atomic E-state index is 0.318. The third kappa shape index (κ3) is 2.98. The third-order valence-corrected chi connectivity index (χ3v) is 5.43. The van der Waals surface area contributed by atoms with Crippen LogP contribution in [0.5, 0.6) is 0 Å². The van der Waals surface area contributed by atoms with Crippen LogP contribution in [-0.2, 0) is 0 Å². The molecule has 0 atom stereocenters. The van der Waals surface area contributed by atoms with Gasteiger partial charge in [-0.05, 0) is 50.5 Å². The van der Waals surface area contributed by atoms with Crippen LogP contribution >= 0.6 is 0 Å². The molecule has 0 N–H and O–H groups in total. The first-order valence-corrected chi connectivity index (χ1v) is 8.61. The fourth-order valence-corrected chi connectivity index (χ4v) is 3.53. The van der Waals surface area contributed by atoms with Gasteiger partial charge in [0.2, 0.25) is 5.95 Å². The third-order valence-electron chi connectivity index (χ3n) is 5.43. The fraction of sp³-hybridized carbons (Fsp3) is 0.778. The van der Waals surface area contributed by atoms with Gasteiger partial charge in [-0.25, -0.2) is 9.97 Å². The van der Waals surface area contributed by atoms with E-state index in [0.717, 1.165) is 19.0 Å². The molecular formula is C18H30N4. The summed E-state index contributed by atoms with van der Waals surface area (Å²) in [6.45, 7) is 16.0. The number of rotatable bonds is 2. The Labute approximate surface area is 134 Å². The molecule has 2 saturated heterocycles. The predicted molar refractivity (Wildman–Crippen MR) is 91.3 cm³/mol. The summed E-state index contributed by atoms with van der Waals surface area (Å²) in [5.41, 5.74) is 2.09. The van der Waals surface area contributed by atoms with Crippen molar-refractivity contribution in [3.05, 3.63) is 18.0 Å². The van der Waals surface area contributed by atoms with Gasteiger partial charge in [0, 0.05) is 44.1 Å². The van der Waals surface area contributed by atoms with E-state index in [-0.39, 0.29) is 0 Å². The second kappa shape index (κ2) is 5.48. The monoisotopic (exact) mass is 302 g/mol. The second-order valence-electron chi connectivity index (χ2n) is 8.49. The molecule has 122 valence electrons. The average molecular weight is 302 g/mol. The van der Waals surface area contributed by atoms with Gasteiger partial charge >= 0.3 is 0 Å². The Hall–Kier alpha value is -1.16. The van der Waals surface area contributed by atoms with Crippen molar-refractivity contribution in [3.8, 4) is 0 Å². The molecule has 2 aliphatic rings. The van der Waals surface area contributed by atoms with Crippen LogP contribution < -0.4 is 4.90 Å². The van der Waals surface area contributed by atoms with E-state index in [4.69, 9.17) is 0 Å². The number of anilines is 1. The maximum absolute atomic E-state index is 4.57. The van der Waals surface area contributed by atoms with Gasteiger partial charge in [-0.2, -0.15) is 0 Å². The lowest BCUT2D eigenvalue weighted by Crippen LogP contribution is -2.65. The van der Waals surface area contributed by atoms with Gasteiger partial charge in [0.15, 0.2) is 0 Å². The molecule has 2 aliphatic heterocycles. The summed E-state index contributed by atoms with van der Waals surface area (Å²) in [7, 11) is 0. The SMILES string of the molecule is CC(C)c1cnc(N2CCC3(CC2)CN(C(C)(C)C)C3)nc1. The van der Waals surface area contributed by atoms with Gasteiger partial charge in [-0.1, -0.05) is 13.8 Å². The second-order valence-corrected chi connectivity index (χ2v) is 8.49. The maximum Gasteiger partial charge on any atom is 0.225 e. The lowest BCUT2D eigenvalue weighted by molar-refractivity contribution is -0.0718. The van der Waals surface area contributed by atoms with Crippen molar-refractivity contribution in [3.63, 3.8) is 0 Å². The minimum atomic E-state index is 0.318. The molecule has 0 aliphatic carbocycles. The summed E-state index contributed by atoms with van der Waals surface area (Å²) >= 11 is 0. The van der Waals surface area contributed by atoms with Gasteiger partial charge in [-0.15, -0.1) is 0 Å². The standard InChI is InChI=1S/C18H30N4/c1-14(2)15-10-19-16(20-11-15)21-8-6-18(7-9-21)12-22(13-18)17(3,4)5/h10-11,14H,6-9,12-13H2,1-5H3. The molecular weight excluding hydrogens is 272 g/mol. The fourth-order valence-electron chi connectivity index (χ4n) is 3.53. The van der Waals surface area contributed by atoms with E-state index >= 15 is 0 Å². The van der Waals surface area contributed by atoms with Crippen LogP contribution in [0.3, 0.4) is 0 Å². The summed E-state index contributed by atoms with van der Waals surface area (Å²) in [5.74, 6) is 1.41. The number of piperidine rings is 1. The van der Waals surface area contributed by atoms with Crippen LogP contribution in [0.1, 0.15) is 58.9 Å². The predicted octanol–water partition coefficient (Wildman–Crippen LogP) is 3.30. The first kappa shape index (κ1) is 15.7. The number of nitrogens with zero attached hydrogens (tertiary/aromatic N) is 4. The number of hydrogen-bond donors (Lipinski definition) is 0. The normalized spacial score (nSPS) is 22.2. The smallest absolute Gasteiger partial charge is 0.225 e. The largest absolute Gasteiger partial charge is 0.341 e. The number of aromatic nitrogens is 2. The van der Waals surface area contributed by atoms with Crippen molar-refractivity contribution >= 4 is 5.95 Å². The van der Waals surface area contributed by atoms with E-state index in [1.165, 1.54) is 31.5 Å². The zero-order valence-corrected chi connectivity index (χ0v) is 14.8. The van der Waals surface area contributed by atoms with E-state index in [9.17, 15) is 0 Å². The molecule has 0 radical (unpaired) electrons. The molecule has 0 amide bonds. The highest BCUT2D eigenvalue weighted by Gasteiger charge is 2.48. The quantitative estimate of drug-likeness (QED) is 0.839. The summed E-state index contributed by atoms with van der Waals surface area (Å²) in [6.07, 6.45) is 6.52. The van der Waals surface area contributed by atoms with Crippen LogP contribution in [0.25, 0.3) is 0 Å². The van der Waals surface area contributed by atoms with E-state index < -0.39 is 0 Å². The van der Waals surface area contributed by atoms with Crippen LogP contribution in [0.15, 0.2) is 12.4 Å². The zero-order valence-electron chi connectivity index (χ0n) is 14.8. The molecule has 0 saturated carbocycles. The molecule has 22 heavy (non-hydrogen) atoms. The molecule has 1 aromatic heterocycles. The topological polar surface area (TPSA) is 32.3 Å². The van der Waals surface area contributed by atoms with E-state index in [1.54, 1.807) is 0 Å². The Morgan fingerprint density at radius 2 is 1.59 bits per heavy atom. The zero-order chi connectivity index (χ0) is 16.0. The number of hydrogen-bond acceptors (Lipinski definition) is 4. The molecule has 0 bridgehead atoms. The molecule has 2 fully saturated rings. The van der Waals surface area contributed by atoms with Crippen LogP contribution in [-0.4, -0.2) is 46.6 Å². The highest BCUT2D eigenvalue weighted by atomic mass is 15.3. The van der Waals surface area contributed by atoms with Gasteiger partial charge in [-0.3, -0.25) is 4.90 Å². The Morgan fingerprint density at radius 3 is 2.05 bits per heavy atom. The molecule has 0 aromatic carbocycles. The molecule has 3 rings (SSSR count). The Kier molecular flexibility index (Phi) is 3.92. The molecule has 1 spiro atoms. The van der Waals surface area contributed by atoms with Crippen molar-refractivity contribution in [1.29, 1.82) is 0 Å². The molecule has 1 aromatic rings. The Morgan fingerprint density at radius 1 is 1.05 bits per heavy atom. The maximum atomic E-state index is 4.57. The van der Waals surface area contributed by atoms with Crippen molar-refractivity contribution in [2.24, 2.45) is 5.41 Å². The van der Waals surface area contributed by atoms with E-state index in [2.05, 4.69) is 54.4 Å². The summed E-state index contributed by atoms with van der Waals surface area (Å²) in [6, 6.07) is 0. The molecule has 0 unspecified atom stereocenters. The highest BCUT2D eigenvalue weighted by molar-refractivity contribution is 5.32. The van der Waals surface area contributed by atoms with Crippen molar-refractivity contribution < 1.29 is 0 Å². The first-order chi connectivity index (χ1) is 10.3. The average Bonchev–Trinajstić information content (AvgIpc) is 2.44. The molecule has 3 heterocycles. The van der Waals surface area contributed by atoms with Crippen molar-refractivity contribution in [2.75, 3.05) is 31.1 Å². The molecule has 4 heteroatoms.